The molecule has 2 heterocycles. The van der Waals surface area contributed by atoms with Crippen LogP contribution < -0.4 is 0 Å². The average Bonchev–Trinajstić information content (AvgIpc) is 3.10. The summed E-state index contributed by atoms with van der Waals surface area (Å²) in [5.41, 5.74) is 6.71. The molecule has 1 amide bonds. The van der Waals surface area contributed by atoms with Crippen molar-refractivity contribution < 1.29 is 14.3 Å². The van der Waals surface area contributed by atoms with Crippen LogP contribution in [0.4, 0.5) is 0 Å². The minimum atomic E-state index is -0.446. The first-order valence-corrected chi connectivity index (χ1v) is 10.8. The molecule has 164 valence electrons. The van der Waals surface area contributed by atoms with Crippen LogP contribution in [0.1, 0.15) is 50.2 Å². The van der Waals surface area contributed by atoms with E-state index in [0.29, 0.717) is 23.4 Å². The van der Waals surface area contributed by atoms with E-state index in [0.717, 1.165) is 22.6 Å². The standard InChI is InChI=1S/C26H32N2O3/c1-8-31-26(30)24-20(7)27(15-16(2)3)25(29)23(24)14-21-13-18(5)28(19(21)6)22-11-9-17(4)10-12-22/h9-14,16H,8,15H2,1-7H3/b23-14+. The van der Waals surface area contributed by atoms with Crippen molar-refractivity contribution in [2.45, 2.75) is 48.5 Å². The molecule has 0 radical (unpaired) electrons. The van der Waals surface area contributed by atoms with Gasteiger partial charge in [0.05, 0.1) is 17.8 Å². The van der Waals surface area contributed by atoms with Crippen molar-refractivity contribution in [3.8, 4) is 5.69 Å². The molecule has 0 fully saturated rings. The summed E-state index contributed by atoms with van der Waals surface area (Å²) < 4.78 is 7.45. The molecule has 0 spiro atoms. The monoisotopic (exact) mass is 420 g/mol. The number of nitrogens with zero attached hydrogens (tertiary/aromatic N) is 2. The molecule has 0 saturated heterocycles. The van der Waals surface area contributed by atoms with Crippen molar-refractivity contribution in [2.75, 3.05) is 13.2 Å². The Bertz CT molecular complexity index is 1070. The Morgan fingerprint density at radius 3 is 2.32 bits per heavy atom. The quantitative estimate of drug-likeness (QED) is 0.481. The fourth-order valence-electron chi connectivity index (χ4n) is 4.09. The predicted molar refractivity (Wildman–Crippen MR) is 124 cm³/mol. The summed E-state index contributed by atoms with van der Waals surface area (Å²) in [5.74, 6) is -0.305. The van der Waals surface area contributed by atoms with Crippen molar-refractivity contribution in [1.29, 1.82) is 0 Å². The number of amides is 1. The van der Waals surface area contributed by atoms with Gasteiger partial charge >= 0.3 is 5.97 Å². The highest BCUT2D eigenvalue weighted by atomic mass is 16.5. The molecule has 1 aliphatic heterocycles. The van der Waals surface area contributed by atoms with Gasteiger partial charge in [0.2, 0.25) is 0 Å². The second kappa shape index (κ2) is 8.96. The topological polar surface area (TPSA) is 51.5 Å². The Hall–Kier alpha value is -3.08. The Labute approximate surface area is 185 Å². The minimum absolute atomic E-state index is 0.144. The van der Waals surface area contributed by atoms with Gasteiger partial charge in [-0.25, -0.2) is 4.79 Å². The molecule has 5 nitrogen and oxygen atoms in total. The molecule has 1 aromatic heterocycles. The fourth-order valence-corrected chi connectivity index (χ4v) is 4.09. The van der Waals surface area contributed by atoms with E-state index in [1.807, 2.05) is 26.8 Å². The number of allylic oxidation sites excluding steroid dienone is 1. The van der Waals surface area contributed by atoms with Crippen LogP contribution in [0.2, 0.25) is 0 Å². The number of carbonyl (C=O) groups excluding carboxylic acids is 2. The summed E-state index contributed by atoms with van der Waals surface area (Å²) in [6.07, 6.45) is 1.84. The van der Waals surface area contributed by atoms with Gasteiger partial charge in [-0.2, -0.15) is 0 Å². The highest BCUT2D eigenvalue weighted by Gasteiger charge is 2.37. The van der Waals surface area contributed by atoms with Crippen molar-refractivity contribution in [2.24, 2.45) is 5.92 Å². The van der Waals surface area contributed by atoms with E-state index in [9.17, 15) is 9.59 Å². The van der Waals surface area contributed by atoms with Gasteiger partial charge in [0.1, 0.15) is 0 Å². The third-order valence-electron chi connectivity index (χ3n) is 5.60. The van der Waals surface area contributed by atoms with Crippen LogP contribution in [0, 0.1) is 26.7 Å². The Balaban J connectivity index is 2.10. The predicted octanol–water partition coefficient (Wildman–Crippen LogP) is 5.12. The number of esters is 1. The average molecular weight is 421 g/mol. The van der Waals surface area contributed by atoms with Gasteiger partial charge in [0.15, 0.2) is 0 Å². The summed E-state index contributed by atoms with van der Waals surface area (Å²) in [6, 6.07) is 10.4. The number of ether oxygens (including phenoxy) is 1. The van der Waals surface area contributed by atoms with Crippen LogP contribution in [0.15, 0.2) is 47.2 Å². The van der Waals surface area contributed by atoms with Gasteiger partial charge < -0.3 is 14.2 Å². The van der Waals surface area contributed by atoms with Crippen molar-refractivity contribution in [1.82, 2.24) is 9.47 Å². The van der Waals surface area contributed by atoms with Crippen molar-refractivity contribution in [3.63, 3.8) is 0 Å². The summed E-state index contributed by atoms with van der Waals surface area (Å²) in [5, 5.41) is 0. The van der Waals surface area contributed by atoms with E-state index in [1.54, 1.807) is 11.8 Å². The first-order chi connectivity index (χ1) is 14.6. The maximum absolute atomic E-state index is 13.3. The molecule has 0 aliphatic carbocycles. The van der Waals surface area contributed by atoms with Gasteiger partial charge in [-0.3, -0.25) is 4.79 Å². The highest BCUT2D eigenvalue weighted by molar-refractivity contribution is 6.16. The highest BCUT2D eigenvalue weighted by Crippen LogP contribution is 2.33. The largest absolute Gasteiger partial charge is 0.462 e. The van der Waals surface area contributed by atoms with Crippen LogP contribution in [-0.4, -0.2) is 34.5 Å². The molecule has 1 aliphatic rings. The molecule has 0 atom stereocenters. The third-order valence-corrected chi connectivity index (χ3v) is 5.60. The molecule has 5 heteroatoms. The van der Waals surface area contributed by atoms with E-state index in [2.05, 4.69) is 55.7 Å². The number of hydrogen-bond donors (Lipinski definition) is 0. The van der Waals surface area contributed by atoms with E-state index >= 15 is 0 Å². The molecule has 0 saturated carbocycles. The van der Waals surface area contributed by atoms with Crippen LogP contribution >= 0.6 is 0 Å². The lowest BCUT2D eigenvalue weighted by Gasteiger charge is -2.19. The zero-order chi connectivity index (χ0) is 22.9. The summed E-state index contributed by atoms with van der Waals surface area (Å²) in [7, 11) is 0. The molecule has 3 rings (SSSR count). The Morgan fingerprint density at radius 1 is 1.10 bits per heavy atom. The lowest BCUT2D eigenvalue weighted by Crippen LogP contribution is -2.28. The number of aromatic nitrogens is 1. The number of rotatable bonds is 6. The maximum atomic E-state index is 13.3. The molecular formula is C26H32N2O3. The normalized spacial score (nSPS) is 15.5. The summed E-state index contributed by atoms with van der Waals surface area (Å²) >= 11 is 0. The Kier molecular flexibility index (Phi) is 6.54. The van der Waals surface area contributed by atoms with Gasteiger partial charge in [-0.15, -0.1) is 0 Å². The van der Waals surface area contributed by atoms with Crippen LogP contribution in [0.25, 0.3) is 11.8 Å². The van der Waals surface area contributed by atoms with Gasteiger partial charge in [0, 0.05) is 29.3 Å². The maximum Gasteiger partial charge on any atom is 0.340 e. The van der Waals surface area contributed by atoms with Crippen LogP contribution in [-0.2, 0) is 14.3 Å². The molecular weight excluding hydrogens is 388 g/mol. The molecule has 0 unspecified atom stereocenters. The number of aryl methyl sites for hydroxylation is 2. The molecule has 1 aromatic carbocycles. The fraction of sp³-hybridized carbons (Fsp3) is 0.385. The zero-order valence-electron chi connectivity index (χ0n) is 19.6. The zero-order valence-corrected chi connectivity index (χ0v) is 19.6. The van der Waals surface area contributed by atoms with Crippen LogP contribution in [0.3, 0.4) is 0 Å². The number of hydrogen-bond acceptors (Lipinski definition) is 3. The number of carbonyl (C=O) groups is 2. The Morgan fingerprint density at radius 2 is 1.74 bits per heavy atom. The molecule has 0 N–H and O–H groups in total. The molecule has 31 heavy (non-hydrogen) atoms. The second-order valence-electron chi connectivity index (χ2n) is 8.55. The van der Waals surface area contributed by atoms with Crippen LogP contribution in [0.5, 0.6) is 0 Å². The van der Waals surface area contributed by atoms with Gasteiger partial charge in [-0.05, 0) is 70.4 Å². The lowest BCUT2D eigenvalue weighted by atomic mass is 10.0. The van der Waals surface area contributed by atoms with E-state index < -0.39 is 5.97 Å². The summed E-state index contributed by atoms with van der Waals surface area (Å²) in [4.78, 5) is 27.7. The first kappa shape index (κ1) is 22.6. The minimum Gasteiger partial charge on any atom is -0.462 e. The smallest absolute Gasteiger partial charge is 0.340 e. The second-order valence-corrected chi connectivity index (χ2v) is 8.55. The van der Waals surface area contributed by atoms with Gasteiger partial charge in [0.25, 0.3) is 5.91 Å². The number of benzene rings is 1. The van der Waals surface area contributed by atoms with E-state index in [-0.39, 0.29) is 18.4 Å². The summed E-state index contributed by atoms with van der Waals surface area (Å²) in [6.45, 7) is 14.7. The molecule has 0 bridgehead atoms. The van der Waals surface area contributed by atoms with E-state index in [4.69, 9.17) is 4.74 Å². The lowest BCUT2D eigenvalue weighted by molar-refractivity contribution is -0.138. The molecule has 2 aromatic rings. The van der Waals surface area contributed by atoms with Crippen molar-refractivity contribution in [3.05, 3.63) is 69.7 Å². The van der Waals surface area contributed by atoms with Gasteiger partial charge in [-0.1, -0.05) is 31.5 Å². The first-order valence-electron chi connectivity index (χ1n) is 10.8. The SMILES string of the molecule is CCOC(=O)C1=C(C)N(CC(C)C)C(=O)/C1=C/c1cc(C)n(-c2ccc(C)cc2)c1C. The van der Waals surface area contributed by atoms with E-state index in [1.165, 1.54) is 5.56 Å². The van der Waals surface area contributed by atoms with Crippen molar-refractivity contribution >= 4 is 18.0 Å². The third kappa shape index (κ3) is 4.36.